The summed E-state index contributed by atoms with van der Waals surface area (Å²) in [5.41, 5.74) is 1.28. The molecule has 1 amide bonds. The number of nitriles is 1. The van der Waals surface area contributed by atoms with Gasteiger partial charge in [0.15, 0.2) is 0 Å². The number of halogens is 1. The summed E-state index contributed by atoms with van der Waals surface area (Å²) in [7, 11) is 0. The van der Waals surface area contributed by atoms with Crippen LogP contribution >= 0.6 is 15.9 Å². The number of hydrogen-bond donors (Lipinski definition) is 2. The maximum absolute atomic E-state index is 12.2. The fraction of sp³-hybridized carbons (Fsp3) is 0. The van der Waals surface area contributed by atoms with Gasteiger partial charge in [-0.25, -0.2) is 0 Å². The Morgan fingerprint density at radius 3 is 2.42 bits per heavy atom. The van der Waals surface area contributed by atoms with Gasteiger partial charge in [-0.05, 0) is 48.5 Å². The highest BCUT2D eigenvalue weighted by Crippen LogP contribution is 2.25. The third-order valence-electron chi connectivity index (χ3n) is 3.53. The molecule has 0 aliphatic rings. The second kappa shape index (κ2) is 7.72. The van der Waals surface area contributed by atoms with Gasteiger partial charge in [0, 0.05) is 21.8 Å². The van der Waals surface area contributed by atoms with Crippen molar-refractivity contribution in [2.75, 3.05) is 5.32 Å². The van der Waals surface area contributed by atoms with E-state index in [0.717, 1.165) is 10.0 Å². The molecule has 2 aromatic carbocycles. The van der Waals surface area contributed by atoms with Crippen LogP contribution in [0, 0.1) is 11.3 Å². The number of nitrogens with one attached hydrogen (secondary N) is 1. The summed E-state index contributed by atoms with van der Waals surface area (Å²) in [4.78, 5) is 12.2. The van der Waals surface area contributed by atoms with Gasteiger partial charge in [0.05, 0.1) is 0 Å². The van der Waals surface area contributed by atoms with Crippen LogP contribution in [-0.4, -0.2) is 11.0 Å². The molecule has 0 aliphatic carbocycles. The largest absolute Gasteiger partial charge is 0.508 e. The SMILES string of the molecule is N#C/C(=C\c1ccc(-c2ccc(Br)cc2)o1)C(=O)Nc1ccc(O)cc1. The van der Waals surface area contributed by atoms with Gasteiger partial charge in [-0.3, -0.25) is 4.79 Å². The molecule has 0 aliphatic heterocycles. The number of nitrogens with zero attached hydrogens (tertiary/aromatic N) is 1. The Hall–Kier alpha value is -3.30. The first-order chi connectivity index (χ1) is 12.5. The molecule has 0 unspecified atom stereocenters. The Labute approximate surface area is 158 Å². The van der Waals surface area contributed by atoms with Crippen molar-refractivity contribution in [1.82, 2.24) is 0 Å². The monoisotopic (exact) mass is 408 g/mol. The van der Waals surface area contributed by atoms with Crippen LogP contribution in [0.5, 0.6) is 5.75 Å². The zero-order valence-corrected chi connectivity index (χ0v) is 15.0. The molecule has 5 nitrogen and oxygen atoms in total. The van der Waals surface area contributed by atoms with Gasteiger partial charge in [0.1, 0.15) is 28.9 Å². The van der Waals surface area contributed by atoms with Crippen molar-refractivity contribution < 1.29 is 14.3 Å². The van der Waals surface area contributed by atoms with Crippen LogP contribution in [0.1, 0.15) is 5.76 Å². The van der Waals surface area contributed by atoms with Crippen LogP contribution in [-0.2, 0) is 4.79 Å². The van der Waals surface area contributed by atoms with E-state index in [1.54, 1.807) is 24.3 Å². The van der Waals surface area contributed by atoms with Crippen molar-refractivity contribution >= 4 is 33.6 Å². The molecule has 0 saturated carbocycles. The predicted octanol–water partition coefficient (Wildman–Crippen LogP) is 4.96. The third kappa shape index (κ3) is 4.21. The van der Waals surface area contributed by atoms with Crippen molar-refractivity contribution in [2.24, 2.45) is 0 Å². The number of hydrogen-bond acceptors (Lipinski definition) is 4. The molecule has 0 atom stereocenters. The van der Waals surface area contributed by atoms with E-state index in [4.69, 9.17) is 4.42 Å². The molecule has 0 fully saturated rings. The molecule has 6 heteroatoms. The van der Waals surface area contributed by atoms with Gasteiger partial charge in [0.25, 0.3) is 5.91 Å². The number of phenolic OH excluding ortho intramolecular Hbond substituents is 1. The Morgan fingerprint density at radius 1 is 1.08 bits per heavy atom. The van der Waals surface area contributed by atoms with Crippen LogP contribution in [0.3, 0.4) is 0 Å². The van der Waals surface area contributed by atoms with E-state index in [2.05, 4.69) is 21.2 Å². The maximum atomic E-state index is 12.2. The molecular formula is C20H13BrN2O3. The number of anilines is 1. The average Bonchev–Trinajstić information content (AvgIpc) is 3.11. The van der Waals surface area contributed by atoms with E-state index in [1.165, 1.54) is 18.2 Å². The lowest BCUT2D eigenvalue weighted by Crippen LogP contribution is -2.13. The van der Waals surface area contributed by atoms with Crippen molar-refractivity contribution in [3.8, 4) is 23.1 Å². The molecule has 0 spiro atoms. The number of amides is 1. The minimum atomic E-state index is -0.556. The number of phenols is 1. The smallest absolute Gasteiger partial charge is 0.266 e. The molecule has 3 rings (SSSR count). The van der Waals surface area contributed by atoms with Crippen LogP contribution in [0.2, 0.25) is 0 Å². The first-order valence-corrected chi connectivity index (χ1v) is 8.42. The summed E-state index contributed by atoms with van der Waals surface area (Å²) in [5.74, 6) is 0.579. The highest BCUT2D eigenvalue weighted by atomic mass is 79.9. The number of furan rings is 1. The number of carbonyl (C=O) groups is 1. The summed E-state index contributed by atoms with van der Waals surface area (Å²) < 4.78 is 6.67. The van der Waals surface area contributed by atoms with E-state index >= 15 is 0 Å². The highest BCUT2D eigenvalue weighted by Gasteiger charge is 2.11. The quantitative estimate of drug-likeness (QED) is 0.362. The second-order valence-electron chi connectivity index (χ2n) is 5.38. The summed E-state index contributed by atoms with van der Waals surface area (Å²) in [6.45, 7) is 0. The van der Waals surface area contributed by atoms with Gasteiger partial charge in [-0.2, -0.15) is 5.26 Å². The topological polar surface area (TPSA) is 86.3 Å². The zero-order valence-electron chi connectivity index (χ0n) is 13.4. The van der Waals surface area contributed by atoms with E-state index in [1.807, 2.05) is 30.3 Å². The molecule has 26 heavy (non-hydrogen) atoms. The Kier molecular flexibility index (Phi) is 5.20. The maximum Gasteiger partial charge on any atom is 0.266 e. The summed E-state index contributed by atoms with van der Waals surface area (Å²) in [5, 5.41) is 21.1. The molecule has 0 bridgehead atoms. The standard InChI is InChI=1S/C20H13BrN2O3/c21-15-3-1-13(2-4-15)19-10-9-18(26-19)11-14(12-22)20(25)23-16-5-7-17(24)8-6-16/h1-11,24H,(H,23,25)/b14-11+. The minimum Gasteiger partial charge on any atom is -0.508 e. The molecule has 1 heterocycles. The van der Waals surface area contributed by atoms with Gasteiger partial charge in [0.2, 0.25) is 0 Å². The second-order valence-corrected chi connectivity index (χ2v) is 6.30. The van der Waals surface area contributed by atoms with Crippen LogP contribution in [0.4, 0.5) is 5.69 Å². The lowest BCUT2D eigenvalue weighted by molar-refractivity contribution is -0.112. The average molecular weight is 409 g/mol. The Balaban J connectivity index is 1.78. The number of rotatable bonds is 4. The Morgan fingerprint density at radius 2 is 1.77 bits per heavy atom. The van der Waals surface area contributed by atoms with E-state index < -0.39 is 5.91 Å². The van der Waals surface area contributed by atoms with Crippen LogP contribution < -0.4 is 5.32 Å². The molecular weight excluding hydrogens is 396 g/mol. The first-order valence-electron chi connectivity index (χ1n) is 7.63. The third-order valence-corrected chi connectivity index (χ3v) is 4.06. The van der Waals surface area contributed by atoms with Crippen molar-refractivity contribution in [3.05, 3.63) is 76.5 Å². The molecule has 1 aromatic heterocycles. The molecule has 2 N–H and O–H groups in total. The van der Waals surface area contributed by atoms with Gasteiger partial charge < -0.3 is 14.8 Å². The van der Waals surface area contributed by atoms with Crippen molar-refractivity contribution in [2.45, 2.75) is 0 Å². The summed E-state index contributed by atoms with van der Waals surface area (Å²) in [6.07, 6.45) is 1.39. The fourth-order valence-electron chi connectivity index (χ4n) is 2.23. The van der Waals surface area contributed by atoms with E-state index in [0.29, 0.717) is 17.2 Å². The number of carbonyl (C=O) groups excluding carboxylic acids is 1. The van der Waals surface area contributed by atoms with Gasteiger partial charge in [-0.15, -0.1) is 0 Å². The molecule has 0 radical (unpaired) electrons. The normalized spacial score (nSPS) is 11.0. The van der Waals surface area contributed by atoms with Gasteiger partial charge >= 0.3 is 0 Å². The number of benzene rings is 2. The van der Waals surface area contributed by atoms with E-state index in [9.17, 15) is 15.2 Å². The molecule has 3 aromatic rings. The molecule has 128 valence electrons. The van der Waals surface area contributed by atoms with Crippen LogP contribution in [0.25, 0.3) is 17.4 Å². The number of aromatic hydroxyl groups is 1. The first kappa shape index (κ1) is 17.5. The Bertz CT molecular complexity index is 997. The van der Waals surface area contributed by atoms with E-state index in [-0.39, 0.29) is 11.3 Å². The van der Waals surface area contributed by atoms with Crippen molar-refractivity contribution in [3.63, 3.8) is 0 Å². The fourth-order valence-corrected chi connectivity index (χ4v) is 2.50. The van der Waals surface area contributed by atoms with Crippen LogP contribution in [0.15, 0.2) is 75.1 Å². The summed E-state index contributed by atoms with van der Waals surface area (Å²) in [6, 6.07) is 18.9. The summed E-state index contributed by atoms with van der Waals surface area (Å²) >= 11 is 3.38. The lowest BCUT2D eigenvalue weighted by Gasteiger charge is -2.03. The predicted molar refractivity (Wildman–Crippen MR) is 102 cm³/mol. The zero-order chi connectivity index (χ0) is 18.5. The highest BCUT2D eigenvalue weighted by molar-refractivity contribution is 9.10. The molecule has 0 saturated heterocycles. The van der Waals surface area contributed by atoms with Gasteiger partial charge in [-0.1, -0.05) is 28.1 Å². The minimum absolute atomic E-state index is 0.0882. The lowest BCUT2D eigenvalue weighted by atomic mass is 10.2. The van der Waals surface area contributed by atoms with Crippen molar-refractivity contribution in [1.29, 1.82) is 5.26 Å².